The smallest absolute Gasteiger partial charge is 0.240 e. The molecule has 2 N–H and O–H groups in total. The summed E-state index contributed by atoms with van der Waals surface area (Å²) in [7, 11) is -3.45. The van der Waals surface area contributed by atoms with Crippen LogP contribution in [0.15, 0.2) is 27.6 Å². The van der Waals surface area contributed by atoms with E-state index in [2.05, 4.69) is 26.0 Å². The zero-order chi connectivity index (χ0) is 13.8. The van der Waals surface area contributed by atoms with E-state index < -0.39 is 10.0 Å². The van der Waals surface area contributed by atoms with Crippen LogP contribution in [0, 0.1) is 6.92 Å². The first kappa shape index (κ1) is 15.6. The van der Waals surface area contributed by atoms with Gasteiger partial charge in [-0.05, 0) is 38.1 Å². The van der Waals surface area contributed by atoms with Crippen molar-refractivity contribution >= 4 is 26.0 Å². The molecule has 0 saturated carbocycles. The predicted octanol–water partition coefficient (Wildman–Crippen LogP) is 2.03. The predicted molar refractivity (Wildman–Crippen MR) is 77.2 cm³/mol. The first-order valence-corrected chi connectivity index (χ1v) is 8.13. The van der Waals surface area contributed by atoms with Crippen molar-refractivity contribution in [2.75, 3.05) is 13.1 Å². The van der Waals surface area contributed by atoms with Crippen molar-refractivity contribution in [2.45, 2.75) is 31.7 Å². The summed E-state index contributed by atoms with van der Waals surface area (Å²) in [5, 5.41) is 3.16. The molecule has 0 bridgehead atoms. The van der Waals surface area contributed by atoms with Gasteiger partial charge in [0.25, 0.3) is 0 Å². The zero-order valence-corrected chi connectivity index (χ0v) is 13.2. The molecule has 1 aromatic carbocycles. The number of benzene rings is 1. The van der Waals surface area contributed by atoms with Gasteiger partial charge >= 0.3 is 0 Å². The lowest BCUT2D eigenvalue weighted by molar-refractivity contribution is 0.536. The summed E-state index contributed by atoms with van der Waals surface area (Å²) >= 11 is 3.29. The molecule has 0 aliphatic carbocycles. The van der Waals surface area contributed by atoms with E-state index in [1.54, 1.807) is 19.1 Å². The van der Waals surface area contributed by atoms with E-state index in [1.165, 1.54) is 0 Å². The topological polar surface area (TPSA) is 58.2 Å². The maximum Gasteiger partial charge on any atom is 0.240 e. The number of halogens is 1. The van der Waals surface area contributed by atoms with Crippen molar-refractivity contribution in [1.29, 1.82) is 0 Å². The number of sulfonamides is 1. The molecule has 0 radical (unpaired) electrons. The van der Waals surface area contributed by atoms with E-state index in [-0.39, 0.29) is 6.04 Å². The summed E-state index contributed by atoms with van der Waals surface area (Å²) in [6.45, 7) is 6.92. The van der Waals surface area contributed by atoms with E-state index >= 15 is 0 Å². The number of likely N-dealkylation sites (N-methyl/N-ethyl adjacent to an activating group) is 1. The highest BCUT2D eigenvalue weighted by molar-refractivity contribution is 9.10. The van der Waals surface area contributed by atoms with Crippen molar-refractivity contribution in [1.82, 2.24) is 10.0 Å². The van der Waals surface area contributed by atoms with Crippen LogP contribution < -0.4 is 10.0 Å². The van der Waals surface area contributed by atoms with E-state index in [0.717, 1.165) is 16.6 Å². The van der Waals surface area contributed by atoms with Gasteiger partial charge in [-0.3, -0.25) is 0 Å². The molecule has 1 rings (SSSR count). The Bertz CT molecular complexity index is 503. The van der Waals surface area contributed by atoms with Crippen molar-refractivity contribution in [3.63, 3.8) is 0 Å². The Morgan fingerprint density at radius 3 is 2.67 bits per heavy atom. The molecule has 0 spiro atoms. The fraction of sp³-hybridized carbons (Fsp3) is 0.500. The van der Waals surface area contributed by atoms with Gasteiger partial charge in [0.15, 0.2) is 0 Å². The van der Waals surface area contributed by atoms with Crippen LogP contribution in [0.1, 0.15) is 19.4 Å². The fourth-order valence-electron chi connectivity index (χ4n) is 1.60. The minimum absolute atomic E-state index is 0.109. The van der Waals surface area contributed by atoms with Crippen molar-refractivity contribution in [3.05, 3.63) is 28.2 Å². The lowest BCUT2D eigenvalue weighted by atomic mass is 10.2. The third kappa shape index (κ3) is 4.35. The van der Waals surface area contributed by atoms with Crippen molar-refractivity contribution < 1.29 is 8.42 Å². The highest BCUT2D eigenvalue weighted by Crippen LogP contribution is 2.20. The molecule has 1 aromatic rings. The molecule has 0 unspecified atom stereocenters. The van der Waals surface area contributed by atoms with Gasteiger partial charge in [0, 0.05) is 17.1 Å². The number of aryl methyl sites for hydroxylation is 1. The minimum atomic E-state index is -3.45. The second-order valence-corrected chi connectivity index (χ2v) is 6.87. The van der Waals surface area contributed by atoms with Crippen LogP contribution in [0.3, 0.4) is 0 Å². The molecule has 0 saturated heterocycles. The normalized spacial score (nSPS) is 13.6. The van der Waals surface area contributed by atoms with Gasteiger partial charge in [-0.25, -0.2) is 13.1 Å². The monoisotopic (exact) mass is 334 g/mol. The Labute approximate surface area is 117 Å². The van der Waals surface area contributed by atoms with Crippen LogP contribution in [0.25, 0.3) is 0 Å². The molecule has 0 aliphatic rings. The van der Waals surface area contributed by atoms with Gasteiger partial charge in [0.1, 0.15) is 0 Å². The standard InChI is InChI=1S/C12H19BrN2O2S/c1-4-14-10(3)8-15-18(16,17)12-7-11(13)6-5-9(12)2/h5-7,10,14-15H,4,8H2,1-3H3/t10-/m1/s1. The molecular weight excluding hydrogens is 316 g/mol. The minimum Gasteiger partial charge on any atom is -0.313 e. The Hall–Kier alpha value is -0.430. The van der Waals surface area contributed by atoms with E-state index in [4.69, 9.17) is 0 Å². The summed E-state index contributed by atoms with van der Waals surface area (Å²) in [6.07, 6.45) is 0. The summed E-state index contributed by atoms with van der Waals surface area (Å²) in [6, 6.07) is 5.34. The van der Waals surface area contributed by atoms with E-state index in [0.29, 0.717) is 11.4 Å². The van der Waals surface area contributed by atoms with Gasteiger partial charge in [0.05, 0.1) is 4.90 Å². The first-order chi connectivity index (χ1) is 8.36. The maximum absolute atomic E-state index is 12.2. The SMILES string of the molecule is CCN[C@H](C)CNS(=O)(=O)c1cc(Br)ccc1C. The van der Waals surface area contributed by atoms with Crippen LogP contribution in [-0.4, -0.2) is 27.5 Å². The van der Waals surface area contributed by atoms with Crippen LogP contribution >= 0.6 is 15.9 Å². The van der Waals surface area contributed by atoms with Gasteiger partial charge in [-0.1, -0.05) is 28.9 Å². The number of hydrogen-bond acceptors (Lipinski definition) is 3. The summed E-state index contributed by atoms with van der Waals surface area (Å²) < 4.78 is 27.7. The van der Waals surface area contributed by atoms with Crippen LogP contribution in [0.2, 0.25) is 0 Å². The van der Waals surface area contributed by atoms with Gasteiger partial charge < -0.3 is 5.32 Å². The Balaban J connectivity index is 2.83. The molecule has 0 heterocycles. The largest absolute Gasteiger partial charge is 0.313 e. The zero-order valence-electron chi connectivity index (χ0n) is 10.8. The highest BCUT2D eigenvalue weighted by atomic mass is 79.9. The molecule has 6 heteroatoms. The quantitative estimate of drug-likeness (QED) is 0.836. The van der Waals surface area contributed by atoms with Gasteiger partial charge in [-0.2, -0.15) is 0 Å². The summed E-state index contributed by atoms with van der Waals surface area (Å²) in [5.74, 6) is 0. The second kappa shape index (κ2) is 6.65. The van der Waals surface area contributed by atoms with Crippen molar-refractivity contribution in [2.24, 2.45) is 0 Å². The molecule has 0 aliphatic heterocycles. The third-order valence-corrected chi connectivity index (χ3v) is 4.63. The number of nitrogens with one attached hydrogen (secondary N) is 2. The molecular formula is C12H19BrN2O2S. The van der Waals surface area contributed by atoms with Gasteiger partial charge in [-0.15, -0.1) is 0 Å². The van der Waals surface area contributed by atoms with Crippen LogP contribution in [-0.2, 0) is 10.0 Å². The fourth-order valence-corrected chi connectivity index (χ4v) is 3.51. The molecule has 0 fully saturated rings. The molecule has 0 aromatic heterocycles. The van der Waals surface area contributed by atoms with Crippen LogP contribution in [0.5, 0.6) is 0 Å². The number of hydrogen-bond donors (Lipinski definition) is 2. The maximum atomic E-state index is 12.2. The molecule has 102 valence electrons. The second-order valence-electron chi connectivity index (χ2n) is 4.22. The Morgan fingerprint density at radius 2 is 2.06 bits per heavy atom. The molecule has 4 nitrogen and oxygen atoms in total. The van der Waals surface area contributed by atoms with Gasteiger partial charge in [0.2, 0.25) is 10.0 Å². The summed E-state index contributed by atoms with van der Waals surface area (Å²) in [4.78, 5) is 0.320. The first-order valence-electron chi connectivity index (χ1n) is 5.86. The molecule has 0 amide bonds. The van der Waals surface area contributed by atoms with Crippen LogP contribution in [0.4, 0.5) is 0 Å². The highest BCUT2D eigenvalue weighted by Gasteiger charge is 2.17. The Kier molecular flexibility index (Phi) is 5.78. The molecule has 1 atom stereocenters. The number of rotatable bonds is 6. The lowest BCUT2D eigenvalue weighted by Gasteiger charge is -2.14. The van der Waals surface area contributed by atoms with E-state index in [1.807, 2.05) is 19.9 Å². The van der Waals surface area contributed by atoms with Crippen molar-refractivity contribution in [3.8, 4) is 0 Å². The summed E-state index contributed by atoms with van der Waals surface area (Å²) in [5.41, 5.74) is 0.738. The average Bonchev–Trinajstić information content (AvgIpc) is 2.30. The molecule has 18 heavy (non-hydrogen) atoms. The lowest BCUT2D eigenvalue weighted by Crippen LogP contribution is -2.38. The Morgan fingerprint density at radius 1 is 1.39 bits per heavy atom. The average molecular weight is 335 g/mol. The van der Waals surface area contributed by atoms with E-state index in [9.17, 15) is 8.42 Å². The third-order valence-electron chi connectivity index (χ3n) is 2.57.